The van der Waals surface area contributed by atoms with E-state index in [1.165, 1.54) is 7.11 Å². The van der Waals surface area contributed by atoms with E-state index in [2.05, 4.69) is 9.97 Å². The van der Waals surface area contributed by atoms with Crippen LogP contribution in [0.1, 0.15) is 62.6 Å². The first-order chi connectivity index (χ1) is 12.8. The van der Waals surface area contributed by atoms with E-state index < -0.39 is 5.60 Å². The smallest absolute Gasteiger partial charge is 0.410 e. The van der Waals surface area contributed by atoms with E-state index in [1.54, 1.807) is 17.0 Å². The molecule has 27 heavy (non-hydrogen) atoms. The molecule has 1 saturated carbocycles. The predicted molar refractivity (Wildman–Crippen MR) is 102 cm³/mol. The molecule has 3 rings (SSSR count). The summed E-state index contributed by atoms with van der Waals surface area (Å²) in [4.78, 5) is 33.6. The lowest BCUT2D eigenvalue weighted by molar-refractivity contribution is 0.0139. The number of aromatic amines is 1. The maximum Gasteiger partial charge on any atom is 0.410 e. The summed E-state index contributed by atoms with van der Waals surface area (Å²) in [5.41, 5.74) is 1.35. The zero-order chi connectivity index (χ0) is 19.6. The molecule has 0 spiro atoms. The summed E-state index contributed by atoms with van der Waals surface area (Å²) in [6.45, 7) is 5.94. The van der Waals surface area contributed by atoms with Crippen LogP contribution in [0.2, 0.25) is 0 Å². The summed E-state index contributed by atoms with van der Waals surface area (Å²) < 4.78 is 10.8. The molecule has 1 amide bonds. The largest absolute Gasteiger partial charge is 0.496 e. The lowest BCUT2D eigenvalue weighted by Gasteiger charge is -2.31. The highest BCUT2D eigenvalue weighted by Gasteiger charge is 2.31. The molecule has 1 aromatic carbocycles. The van der Waals surface area contributed by atoms with Crippen molar-refractivity contribution < 1.29 is 19.1 Å². The molecule has 0 radical (unpaired) electrons. The van der Waals surface area contributed by atoms with Gasteiger partial charge >= 0.3 is 6.09 Å². The number of aromatic nitrogens is 2. The van der Waals surface area contributed by atoms with Crippen molar-refractivity contribution in [3.63, 3.8) is 0 Å². The molecule has 0 saturated heterocycles. The minimum Gasteiger partial charge on any atom is -0.496 e. The number of carbonyl (C=O) groups is 2. The van der Waals surface area contributed by atoms with Gasteiger partial charge in [0.15, 0.2) is 6.29 Å². The van der Waals surface area contributed by atoms with Gasteiger partial charge in [0.2, 0.25) is 0 Å². The summed E-state index contributed by atoms with van der Waals surface area (Å²) in [7, 11) is 1.52. The molecular weight excluding hydrogens is 346 g/mol. The average molecular weight is 373 g/mol. The van der Waals surface area contributed by atoms with Crippen LogP contribution < -0.4 is 4.74 Å². The molecule has 1 heterocycles. The molecule has 7 heteroatoms. The summed E-state index contributed by atoms with van der Waals surface area (Å²) in [6, 6.07) is 3.60. The fourth-order valence-electron chi connectivity index (χ4n) is 3.49. The monoisotopic (exact) mass is 373 g/mol. The van der Waals surface area contributed by atoms with Crippen molar-refractivity contribution in [3.8, 4) is 5.75 Å². The van der Waals surface area contributed by atoms with E-state index in [9.17, 15) is 9.59 Å². The van der Waals surface area contributed by atoms with Crippen LogP contribution in [0.15, 0.2) is 12.1 Å². The van der Waals surface area contributed by atoms with Crippen molar-refractivity contribution in [2.75, 3.05) is 7.11 Å². The maximum atomic E-state index is 12.8. The highest BCUT2D eigenvalue weighted by molar-refractivity contribution is 5.88. The number of benzene rings is 1. The van der Waals surface area contributed by atoms with Gasteiger partial charge in [-0.1, -0.05) is 12.8 Å². The Kier molecular flexibility index (Phi) is 5.39. The second kappa shape index (κ2) is 7.58. The molecule has 0 atom stereocenters. The third-order valence-electron chi connectivity index (χ3n) is 4.72. The number of aldehydes is 1. The van der Waals surface area contributed by atoms with Crippen LogP contribution in [0.25, 0.3) is 11.0 Å². The van der Waals surface area contributed by atoms with Gasteiger partial charge in [0.05, 0.1) is 30.3 Å². The van der Waals surface area contributed by atoms with Crippen molar-refractivity contribution in [2.45, 2.75) is 64.6 Å². The van der Waals surface area contributed by atoms with E-state index in [0.717, 1.165) is 37.5 Å². The number of imidazole rings is 1. The zero-order valence-electron chi connectivity index (χ0n) is 16.4. The molecule has 2 aromatic rings. The molecule has 1 N–H and O–H groups in total. The molecule has 7 nitrogen and oxygen atoms in total. The van der Waals surface area contributed by atoms with Crippen molar-refractivity contribution >= 4 is 23.4 Å². The van der Waals surface area contributed by atoms with Crippen LogP contribution >= 0.6 is 0 Å². The number of hydrogen-bond donors (Lipinski definition) is 1. The minimum atomic E-state index is -0.548. The Morgan fingerprint density at radius 2 is 2.04 bits per heavy atom. The lowest BCUT2D eigenvalue weighted by Crippen LogP contribution is -2.42. The molecule has 1 aliphatic carbocycles. The van der Waals surface area contributed by atoms with E-state index >= 15 is 0 Å². The first-order valence-electron chi connectivity index (χ1n) is 9.32. The van der Waals surface area contributed by atoms with Crippen molar-refractivity contribution in [1.82, 2.24) is 14.9 Å². The topological polar surface area (TPSA) is 84.5 Å². The number of nitrogens with one attached hydrogen (secondary N) is 1. The average Bonchev–Trinajstić information content (AvgIpc) is 3.25. The molecule has 1 aliphatic rings. The number of H-pyrrole nitrogens is 1. The molecule has 0 unspecified atom stereocenters. The van der Waals surface area contributed by atoms with Gasteiger partial charge in [-0.05, 0) is 39.7 Å². The third kappa shape index (κ3) is 4.40. The van der Waals surface area contributed by atoms with Gasteiger partial charge in [-0.3, -0.25) is 9.69 Å². The fourth-order valence-corrected chi connectivity index (χ4v) is 3.49. The van der Waals surface area contributed by atoms with E-state index in [4.69, 9.17) is 9.47 Å². The zero-order valence-corrected chi connectivity index (χ0v) is 16.4. The van der Waals surface area contributed by atoms with Crippen LogP contribution in [0.3, 0.4) is 0 Å². The van der Waals surface area contributed by atoms with Gasteiger partial charge in [-0.15, -0.1) is 0 Å². The Hall–Kier alpha value is -2.57. The maximum absolute atomic E-state index is 12.8. The Morgan fingerprint density at radius 3 is 2.63 bits per heavy atom. The van der Waals surface area contributed by atoms with E-state index in [0.29, 0.717) is 29.2 Å². The van der Waals surface area contributed by atoms with E-state index in [1.807, 2.05) is 20.8 Å². The molecule has 0 bridgehead atoms. The Balaban J connectivity index is 1.88. The fraction of sp³-hybridized carbons (Fsp3) is 0.550. The van der Waals surface area contributed by atoms with Gasteiger partial charge in [0, 0.05) is 12.1 Å². The minimum absolute atomic E-state index is 0.160. The summed E-state index contributed by atoms with van der Waals surface area (Å²) >= 11 is 0. The van der Waals surface area contributed by atoms with Crippen molar-refractivity contribution in [1.29, 1.82) is 0 Å². The Bertz CT molecular complexity index is 832. The first-order valence-corrected chi connectivity index (χ1v) is 9.32. The van der Waals surface area contributed by atoms with Crippen molar-refractivity contribution in [3.05, 3.63) is 23.5 Å². The molecule has 1 aromatic heterocycles. The van der Waals surface area contributed by atoms with Crippen LogP contribution in [-0.4, -0.2) is 46.0 Å². The summed E-state index contributed by atoms with van der Waals surface area (Å²) in [5, 5.41) is 0. The van der Waals surface area contributed by atoms with Gasteiger partial charge in [0.25, 0.3) is 0 Å². The van der Waals surface area contributed by atoms with Crippen LogP contribution in [0.5, 0.6) is 5.75 Å². The quantitative estimate of drug-likeness (QED) is 0.799. The number of nitrogens with zero attached hydrogens (tertiary/aromatic N) is 2. The Morgan fingerprint density at radius 1 is 1.33 bits per heavy atom. The second-order valence-corrected chi connectivity index (χ2v) is 7.96. The van der Waals surface area contributed by atoms with Crippen LogP contribution in [-0.2, 0) is 11.3 Å². The third-order valence-corrected chi connectivity index (χ3v) is 4.72. The number of hydrogen-bond acceptors (Lipinski definition) is 5. The molecular formula is C20H27N3O4. The number of methoxy groups -OCH3 is 1. The van der Waals surface area contributed by atoms with Gasteiger partial charge in [-0.25, -0.2) is 9.78 Å². The molecule has 146 valence electrons. The SMILES string of the molecule is COc1cc2nc(CN(C(=O)OC(C)(C)C)C3CCCC3)[nH]c2cc1C=O. The summed E-state index contributed by atoms with van der Waals surface area (Å²) in [6.07, 6.45) is 4.62. The van der Waals surface area contributed by atoms with Gasteiger partial charge in [-0.2, -0.15) is 0 Å². The Labute approximate surface area is 159 Å². The van der Waals surface area contributed by atoms with Crippen LogP contribution in [0, 0.1) is 0 Å². The molecule has 0 aliphatic heterocycles. The highest BCUT2D eigenvalue weighted by atomic mass is 16.6. The van der Waals surface area contributed by atoms with E-state index in [-0.39, 0.29) is 12.1 Å². The van der Waals surface area contributed by atoms with Crippen LogP contribution in [0.4, 0.5) is 4.79 Å². The number of fused-ring (bicyclic) bond motifs is 1. The lowest BCUT2D eigenvalue weighted by atomic mass is 10.2. The van der Waals surface area contributed by atoms with Gasteiger partial charge < -0.3 is 14.5 Å². The second-order valence-electron chi connectivity index (χ2n) is 7.96. The highest BCUT2D eigenvalue weighted by Crippen LogP contribution is 2.28. The standard InChI is InChI=1S/C20H27N3O4/c1-20(2,3)27-19(25)23(14-7-5-6-8-14)11-18-21-15-9-13(12-24)17(26-4)10-16(15)22-18/h9-10,12,14H,5-8,11H2,1-4H3,(H,21,22). The predicted octanol–water partition coefficient (Wildman–Crippen LogP) is 4.06. The number of rotatable bonds is 5. The number of amides is 1. The normalized spacial score (nSPS) is 15.1. The van der Waals surface area contributed by atoms with Crippen molar-refractivity contribution in [2.24, 2.45) is 0 Å². The number of ether oxygens (including phenoxy) is 2. The summed E-state index contributed by atoms with van der Waals surface area (Å²) in [5.74, 6) is 1.14. The number of carbonyl (C=O) groups excluding carboxylic acids is 2. The first kappa shape index (κ1) is 19.2. The molecule has 1 fully saturated rings. The van der Waals surface area contributed by atoms with Gasteiger partial charge in [0.1, 0.15) is 17.2 Å².